The lowest BCUT2D eigenvalue weighted by Gasteiger charge is -2.16. The molecule has 6 N–H and O–H groups in total. The highest BCUT2D eigenvalue weighted by atomic mass is 19.4. The van der Waals surface area contributed by atoms with Crippen molar-refractivity contribution in [1.29, 1.82) is 0 Å². The molecule has 18 heteroatoms. The molecule has 9 aromatic rings. The number of benzene rings is 3. The van der Waals surface area contributed by atoms with Crippen molar-refractivity contribution in [2.24, 2.45) is 0 Å². The van der Waals surface area contributed by atoms with Crippen LogP contribution in [0.4, 0.5) is 13.2 Å². The number of alkyl halides is 3. The molecule has 3 aromatic carbocycles. The first-order valence-corrected chi connectivity index (χ1v) is 22.0. The molecule has 0 amide bonds. The van der Waals surface area contributed by atoms with Crippen LogP contribution in [0.2, 0.25) is 0 Å². The molecule has 0 aliphatic carbocycles. The fourth-order valence-corrected chi connectivity index (χ4v) is 8.42. The van der Waals surface area contributed by atoms with Gasteiger partial charge in [0, 0.05) is 55.5 Å². The van der Waals surface area contributed by atoms with Gasteiger partial charge in [0.05, 0.1) is 59.6 Å². The van der Waals surface area contributed by atoms with Crippen LogP contribution in [0.5, 0.6) is 0 Å². The van der Waals surface area contributed by atoms with E-state index in [1.807, 2.05) is 65.0 Å². The molecule has 0 spiro atoms. The lowest BCUT2D eigenvalue weighted by molar-refractivity contribution is -0.184. The van der Waals surface area contributed by atoms with Gasteiger partial charge >= 0.3 is 24.1 Å². The molecule has 6 heterocycles. The molecule has 0 fully saturated rings. The van der Waals surface area contributed by atoms with E-state index in [1.54, 1.807) is 57.4 Å². The minimum Gasteiger partial charge on any atom is -0.477 e. The number of ether oxygens (including phenoxy) is 3. The Balaban J connectivity index is 0.000000153. The highest BCUT2D eigenvalue weighted by Crippen LogP contribution is 2.34. The molecule has 69 heavy (non-hydrogen) atoms. The first kappa shape index (κ1) is 49.5. The second-order valence-corrected chi connectivity index (χ2v) is 16.9. The second kappa shape index (κ2) is 20.0. The van der Waals surface area contributed by atoms with Crippen molar-refractivity contribution in [1.82, 2.24) is 29.9 Å². The topological polar surface area (TPSA) is 226 Å². The molecule has 3 unspecified atom stereocenters. The first-order valence-electron chi connectivity index (χ1n) is 22.0. The van der Waals surface area contributed by atoms with E-state index in [9.17, 15) is 37.8 Å². The average Bonchev–Trinajstić information content (AvgIpc) is 3.99. The third-order valence-electron chi connectivity index (χ3n) is 11.7. The molecule has 0 bridgehead atoms. The Morgan fingerprint density at radius 2 is 0.986 bits per heavy atom. The monoisotopic (exact) mass is 948 g/mol. The van der Waals surface area contributed by atoms with Gasteiger partial charge in [0.25, 0.3) is 0 Å². The molecule has 3 atom stereocenters. The number of nitrogens with zero attached hydrogens (tertiary/aromatic N) is 3. The number of carboxylic acid groups (broad SMARTS) is 3. The number of nitrogens with one attached hydrogen (secondary N) is 3. The zero-order valence-corrected chi connectivity index (χ0v) is 39.0. The summed E-state index contributed by atoms with van der Waals surface area (Å²) in [5.41, 5.74) is 8.98. The summed E-state index contributed by atoms with van der Waals surface area (Å²) in [4.78, 5) is 55.3. The summed E-state index contributed by atoms with van der Waals surface area (Å²) >= 11 is 0. The standard InChI is InChI=1S/C17H15F3N2O3.2C17H18N2O3/c1-8-14-11-5-10(9(2)25-7-17(18,19)20)3-4-12(11)22-13(14)6-21-15(8)16(23)24;1-9(2)22-10(3)11-4-5-14-12(6-11)13-7-15(17(20)21)18-8-16(13)19-14;1-4-22-10(3)11-5-6-13-12(7-11)15-9(2)16(17(20)21)18-8-14(15)19-13/h3-6,9,22H,7H2,1-2H3,(H,23,24);4-10,19H,1-3H3,(H,20,21);5-8,10,19H,4H2,1-3H3,(H,20,21). The Hall–Kier alpha value is -7.41. The molecule has 9 rings (SSSR count). The summed E-state index contributed by atoms with van der Waals surface area (Å²) in [6.45, 7) is 14.3. The third-order valence-corrected chi connectivity index (χ3v) is 11.7. The van der Waals surface area contributed by atoms with Gasteiger partial charge in [0.1, 0.15) is 12.3 Å². The maximum atomic E-state index is 12.3. The number of carbonyl (C=O) groups is 3. The number of H-pyrrole nitrogens is 3. The maximum absolute atomic E-state index is 12.3. The van der Waals surface area contributed by atoms with Crippen molar-refractivity contribution in [2.75, 3.05) is 13.2 Å². The molecule has 0 radical (unpaired) electrons. The maximum Gasteiger partial charge on any atom is 0.411 e. The molecular formula is C51H51F3N6O9. The van der Waals surface area contributed by atoms with Gasteiger partial charge in [0.15, 0.2) is 11.4 Å². The minimum atomic E-state index is -4.39. The molecule has 15 nitrogen and oxygen atoms in total. The summed E-state index contributed by atoms with van der Waals surface area (Å²) in [5, 5.41) is 32.7. The average molecular weight is 949 g/mol. The van der Waals surface area contributed by atoms with Gasteiger partial charge in [-0.3, -0.25) is 0 Å². The highest BCUT2D eigenvalue weighted by Gasteiger charge is 2.29. The largest absolute Gasteiger partial charge is 0.477 e. The van der Waals surface area contributed by atoms with Gasteiger partial charge in [-0.15, -0.1) is 0 Å². The zero-order chi connectivity index (χ0) is 50.1. The van der Waals surface area contributed by atoms with Gasteiger partial charge in [-0.1, -0.05) is 18.2 Å². The Labute approximate surface area is 392 Å². The molecule has 0 aliphatic rings. The van der Waals surface area contributed by atoms with Crippen LogP contribution in [-0.4, -0.2) is 88.6 Å². The normalized spacial score (nSPS) is 13.2. The molecular weight excluding hydrogens is 898 g/mol. The van der Waals surface area contributed by atoms with Crippen molar-refractivity contribution in [3.05, 3.63) is 124 Å². The Kier molecular flexibility index (Phi) is 14.4. The molecule has 0 saturated carbocycles. The predicted molar refractivity (Wildman–Crippen MR) is 256 cm³/mol. The van der Waals surface area contributed by atoms with E-state index in [2.05, 4.69) is 36.0 Å². The predicted octanol–water partition coefficient (Wildman–Crippen LogP) is 12.1. The summed E-state index contributed by atoms with van der Waals surface area (Å²) < 4.78 is 53.3. The van der Waals surface area contributed by atoms with Crippen molar-refractivity contribution in [3.8, 4) is 0 Å². The van der Waals surface area contributed by atoms with Crippen LogP contribution in [0.1, 0.15) is 119 Å². The quantitative estimate of drug-likeness (QED) is 0.0672. The van der Waals surface area contributed by atoms with Crippen LogP contribution in [0.15, 0.2) is 79.3 Å². The lowest BCUT2D eigenvalue weighted by atomic mass is 10.0. The van der Waals surface area contributed by atoms with Gasteiger partial charge in [-0.05, 0) is 126 Å². The number of rotatable bonds is 12. The van der Waals surface area contributed by atoms with Crippen molar-refractivity contribution >= 4 is 83.3 Å². The summed E-state index contributed by atoms with van der Waals surface area (Å²) in [7, 11) is 0. The Bertz CT molecular complexity index is 3390. The fraction of sp³-hybridized carbons (Fsp3) is 0.294. The number of halogens is 3. The highest BCUT2D eigenvalue weighted by molar-refractivity contribution is 6.12. The number of aromatic nitrogens is 6. The number of aromatic amines is 3. The van der Waals surface area contributed by atoms with Crippen LogP contribution < -0.4 is 0 Å². The summed E-state index contributed by atoms with van der Waals surface area (Å²) in [6.07, 6.45) is -0.430. The second-order valence-electron chi connectivity index (χ2n) is 16.9. The van der Waals surface area contributed by atoms with E-state index in [-0.39, 0.29) is 35.4 Å². The first-order chi connectivity index (χ1) is 32.6. The van der Waals surface area contributed by atoms with Gasteiger partial charge in [-0.25, -0.2) is 29.3 Å². The smallest absolute Gasteiger partial charge is 0.411 e. The van der Waals surface area contributed by atoms with Gasteiger partial charge < -0.3 is 44.5 Å². The zero-order valence-electron chi connectivity index (χ0n) is 39.0. The van der Waals surface area contributed by atoms with E-state index in [0.717, 1.165) is 65.6 Å². The number of aryl methyl sites for hydroxylation is 2. The van der Waals surface area contributed by atoms with Gasteiger partial charge in [0.2, 0.25) is 0 Å². The van der Waals surface area contributed by atoms with Crippen LogP contribution in [0.3, 0.4) is 0 Å². The Morgan fingerprint density at radius 1 is 0.565 bits per heavy atom. The summed E-state index contributed by atoms with van der Waals surface area (Å²) in [6, 6.07) is 18.9. The van der Waals surface area contributed by atoms with E-state index in [4.69, 9.17) is 19.3 Å². The van der Waals surface area contributed by atoms with Crippen LogP contribution in [-0.2, 0) is 14.2 Å². The Morgan fingerprint density at radius 3 is 1.43 bits per heavy atom. The van der Waals surface area contributed by atoms with Gasteiger partial charge in [-0.2, -0.15) is 13.2 Å². The SMILES string of the molecule is CC(C)OC(C)c1ccc2[nH]c3cnc(C(=O)O)cc3c2c1.CCOC(C)c1ccc2[nH]c3cnc(C(=O)O)c(C)c3c2c1.Cc1c(C(=O)O)ncc2[nH]c3ccc(C(C)OCC(F)(F)F)cc3c12. The van der Waals surface area contributed by atoms with Crippen LogP contribution in [0, 0.1) is 13.8 Å². The number of carboxylic acids is 3. The van der Waals surface area contributed by atoms with Crippen molar-refractivity contribution < 1.29 is 57.1 Å². The van der Waals surface area contributed by atoms with Crippen LogP contribution >= 0.6 is 0 Å². The van der Waals surface area contributed by atoms with Crippen molar-refractivity contribution in [2.45, 2.75) is 86.0 Å². The lowest BCUT2D eigenvalue weighted by Crippen LogP contribution is -2.18. The molecule has 0 saturated heterocycles. The molecule has 6 aromatic heterocycles. The molecule has 0 aliphatic heterocycles. The number of fused-ring (bicyclic) bond motifs is 9. The van der Waals surface area contributed by atoms with E-state index in [1.165, 1.54) is 6.20 Å². The number of hydrogen-bond acceptors (Lipinski definition) is 9. The minimum absolute atomic E-state index is 0.000405. The summed E-state index contributed by atoms with van der Waals surface area (Å²) in [5.74, 6) is -3.16. The van der Waals surface area contributed by atoms with Crippen LogP contribution in [0.25, 0.3) is 65.4 Å². The fourth-order valence-electron chi connectivity index (χ4n) is 8.42. The number of aromatic carboxylic acids is 3. The third kappa shape index (κ3) is 10.7. The number of hydrogen-bond donors (Lipinski definition) is 6. The van der Waals surface area contributed by atoms with E-state index in [0.29, 0.717) is 34.2 Å². The van der Waals surface area contributed by atoms with E-state index >= 15 is 0 Å². The number of pyridine rings is 3. The van der Waals surface area contributed by atoms with E-state index < -0.39 is 36.8 Å². The van der Waals surface area contributed by atoms with Crippen molar-refractivity contribution in [3.63, 3.8) is 0 Å². The molecule has 360 valence electrons.